The van der Waals surface area contributed by atoms with Crippen molar-refractivity contribution in [2.24, 2.45) is 0 Å². The van der Waals surface area contributed by atoms with E-state index < -0.39 is 0 Å². The van der Waals surface area contributed by atoms with Crippen molar-refractivity contribution < 1.29 is 19.1 Å². The van der Waals surface area contributed by atoms with E-state index in [1.807, 2.05) is 31.2 Å². The molecule has 2 aromatic carbocycles. The van der Waals surface area contributed by atoms with Crippen molar-refractivity contribution in [3.63, 3.8) is 0 Å². The van der Waals surface area contributed by atoms with E-state index in [0.717, 1.165) is 16.7 Å². The lowest BCUT2D eigenvalue weighted by molar-refractivity contribution is -0.131. The Balaban J connectivity index is 2.23. The number of benzene rings is 2. The van der Waals surface area contributed by atoms with Crippen LogP contribution in [0.5, 0.6) is 5.75 Å². The smallest absolute Gasteiger partial charge is 0.338 e. The van der Waals surface area contributed by atoms with Crippen molar-refractivity contribution in [3.05, 3.63) is 53.6 Å². The predicted molar refractivity (Wildman–Crippen MR) is 83.9 cm³/mol. The maximum absolute atomic E-state index is 11.6. The number of carbonyl (C=O) groups excluding carboxylic acids is 2. The summed E-state index contributed by atoms with van der Waals surface area (Å²) in [5.74, 6) is -0.107. The van der Waals surface area contributed by atoms with Crippen molar-refractivity contribution in [1.82, 2.24) is 0 Å². The summed E-state index contributed by atoms with van der Waals surface area (Å²) in [6.07, 6.45) is 0. The van der Waals surface area contributed by atoms with Crippen LogP contribution in [0.15, 0.2) is 42.5 Å². The molecule has 0 saturated carbocycles. The van der Waals surface area contributed by atoms with Crippen molar-refractivity contribution in [1.29, 1.82) is 0 Å². The Morgan fingerprint density at radius 2 is 1.64 bits per heavy atom. The molecule has 0 N–H and O–H groups in total. The van der Waals surface area contributed by atoms with Crippen molar-refractivity contribution in [2.75, 3.05) is 6.61 Å². The van der Waals surface area contributed by atoms with E-state index >= 15 is 0 Å². The van der Waals surface area contributed by atoms with Crippen LogP contribution in [0.3, 0.4) is 0 Å². The molecule has 22 heavy (non-hydrogen) atoms. The van der Waals surface area contributed by atoms with Gasteiger partial charge in [0.1, 0.15) is 5.75 Å². The molecule has 0 amide bonds. The van der Waals surface area contributed by atoms with E-state index in [9.17, 15) is 9.59 Å². The maximum Gasteiger partial charge on any atom is 0.338 e. The molecule has 0 aliphatic rings. The number of rotatable bonds is 4. The lowest BCUT2D eigenvalue weighted by Gasteiger charge is -2.09. The topological polar surface area (TPSA) is 52.6 Å². The molecule has 0 atom stereocenters. The first-order valence-electron chi connectivity index (χ1n) is 7.08. The van der Waals surface area contributed by atoms with Gasteiger partial charge >= 0.3 is 11.9 Å². The molecule has 0 bridgehead atoms. The normalized spacial score (nSPS) is 10.1. The van der Waals surface area contributed by atoms with E-state index in [1.165, 1.54) is 6.92 Å². The molecule has 0 spiro atoms. The average molecular weight is 298 g/mol. The highest BCUT2D eigenvalue weighted by Gasteiger charge is 2.08. The molecule has 0 heterocycles. The van der Waals surface area contributed by atoms with Crippen LogP contribution in [0.1, 0.15) is 29.8 Å². The van der Waals surface area contributed by atoms with E-state index in [1.54, 1.807) is 25.1 Å². The van der Waals surface area contributed by atoms with Gasteiger partial charge in [0, 0.05) is 6.92 Å². The van der Waals surface area contributed by atoms with Crippen LogP contribution in [0.25, 0.3) is 11.1 Å². The van der Waals surface area contributed by atoms with Gasteiger partial charge in [-0.1, -0.05) is 18.2 Å². The van der Waals surface area contributed by atoms with Crippen LogP contribution in [0.2, 0.25) is 0 Å². The SMILES string of the molecule is CCOC(=O)c1ccc(-c2ccc(OC(C)=O)c(C)c2)cc1. The number of carbonyl (C=O) groups is 2. The summed E-state index contributed by atoms with van der Waals surface area (Å²) in [4.78, 5) is 22.6. The molecular weight excluding hydrogens is 280 g/mol. The molecule has 0 radical (unpaired) electrons. The van der Waals surface area contributed by atoms with E-state index in [2.05, 4.69) is 0 Å². The van der Waals surface area contributed by atoms with E-state index in [4.69, 9.17) is 9.47 Å². The second-order valence-corrected chi connectivity index (χ2v) is 4.87. The quantitative estimate of drug-likeness (QED) is 0.637. The standard InChI is InChI=1S/C18H18O4/c1-4-21-18(20)15-7-5-14(6-8-15)16-9-10-17(12(2)11-16)22-13(3)19/h5-11H,4H2,1-3H3. The minimum atomic E-state index is -0.338. The molecule has 0 saturated heterocycles. The fourth-order valence-electron chi connectivity index (χ4n) is 2.11. The first kappa shape index (κ1) is 15.8. The molecule has 0 aliphatic carbocycles. The first-order valence-corrected chi connectivity index (χ1v) is 7.08. The number of aryl methyl sites for hydroxylation is 1. The monoisotopic (exact) mass is 298 g/mol. The van der Waals surface area contributed by atoms with E-state index in [0.29, 0.717) is 17.9 Å². The summed E-state index contributed by atoms with van der Waals surface area (Å²) in [5, 5.41) is 0. The summed E-state index contributed by atoms with van der Waals surface area (Å²) in [7, 11) is 0. The summed E-state index contributed by atoms with van der Waals surface area (Å²) in [5.41, 5.74) is 3.37. The third kappa shape index (κ3) is 3.73. The molecule has 4 nitrogen and oxygen atoms in total. The fourth-order valence-corrected chi connectivity index (χ4v) is 2.11. The Kier molecular flexibility index (Phi) is 4.94. The molecule has 4 heteroatoms. The van der Waals surface area contributed by atoms with Gasteiger partial charge in [0.25, 0.3) is 0 Å². The second kappa shape index (κ2) is 6.89. The Morgan fingerprint density at radius 3 is 2.18 bits per heavy atom. The van der Waals surface area contributed by atoms with Crippen molar-refractivity contribution >= 4 is 11.9 Å². The number of ether oxygens (including phenoxy) is 2. The zero-order valence-corrected chi connectivity index (χ0v) is 12.9. The maximum atomic E-state index is 11.6. The fraction of sp³-hybridized carbons (Fsp3) is 0.222. The lowest BCUT2D eigenvalue weighted by atomic mass is 10.0. The number of hydrogen-bond acceptors (Lipinski definition) is 4. The summed E-state index contributed by atoms with van der Waals surface area (Å²) in [6, 6.07) is 12.8. The molecule has 0 fully saturated rings. The predicted octanol–water partition coefficient (Wildman–Crippen LogP) is 3.76. The third-order valence-corrected chi connectivity index (χ3v) is 3.16. The molecule has 2 aromatic rings. The van der Waals surface area contributed by atoms with Crippen LogP contribution >= 0.6 is 0 Å². The van der Waals surface area contributed by atoms with E-state index in [-0.39, 0.29) is 11.9 Å². The number of hydrogen-bond donors (Lipinski definition) is 0. The van der Waals surface area contributed by atoms with Crippen LogP contribution in [-0.2, 0) is 9.53 Å². The zero-order valence-electron chi connectivity index (χ0n) is 12.9. The highest BCUT2D eigenvalue weighted by atomic mass is 16.5. The summed E-state index contributed by atoms with van der Waals surface area (Å²) in [6.45, 7) is 5.40. The van der Waals surface area contributed by atoms with Crippen molar-refractivity contribution in [2.45, 2.75) is 20.8 Å². The summed E-state index contributed by atoms with van der Waals surface area (Å²) < 4.78 is 10.1. The molecule has 114 valence electrons. The molecule has 0 unspecified atom stereocenters. The van der Waals surface area contributed by atoms with Crippen molar-refractivity contribution in [3.8, 4) is 16.9 Å². The molecule has 0 aromatic heterocycles. The largest absolute Gasteiger partial charge is 0.462 e. The average Bonchev–Trinajstić information content (AvgIpc) is 2.49. The highest BCUT2D eigenvalue weighted by molar-refractivity contribution is 5.90. The Morgan fingerprint density at radius 1 is 1.00 bits per heavy atom. The van der Waals surface area contributed by atoms with Crippen LogP contribution in [0.4, 0.5) is 0 Å². The van der Waals surface area contributed by atoms with Gasteiger partial charge in [-0.3, -0.25) is 4.79 Å². The van der Waals surface area contributed by atoms with Gasteiger partial charge in [-0.05, 0) is 54.8 Å². The van der Waals surface area contributed by atoms with Gasteiger partial charge < -0.3 is 9.47 Å². The Hall–Kier alpha value is -2.62. The van der Waals surface area contributed by atoms with Gasteiger partial charge in [0.15, 0.2) is 0 Å². The second-order valence-electron chi connectivity index (χ2n) is 4.87. The Labute approximate surface area is 129 Å². The molecular formula is C18H18O4. The lowest BCUT2D eigenvalue weighted by Crippen LogP contribution is -2.04. The van der Waals surface area contributed by atoms with Crippen LogP contribution in [0, 0.1) is 6.92 Å². The minimum Gasteiger partial charge on any atom is -0.462 e. The van der Waals surface area contributed by atoms with Crippen LogP contribution < -0.4 is 4.74 Å². The third-order valence-electron chi connectivity index (χ3n) is 3.16. The molecule has 0 aliphatic heterocycles. The van der Waals surface area contributed by atoms with Gasteiger partial charge in [0.2, 0.25) is 0 Å². The van der Waals surface area contributed by atoms with Gasteiger partial charge in [-0.2, -0.15) is 0 Å². The Bertz CT molecular complexity index is 687. The first-order chi connectivity index (χ1) is 10.5. The summed E-state index contributed by atoms with van der Waals surface area (Å²) >= 11 is 0. The number of esters is 2. The van der Waals surface area contributed by atoms with Crippen LogP contribution in [-0.4, -0.2) is 18.5 Å². The highest BCUT2D eigenvalue weighted by Crippen LogP contribution is 2.26. The van der Waals surface area contributed by atoms with Gasteiger partial charge in [0.05, 0.1) is 12.2 Å². The van der Waals surface area contributed by atoms with Gasteiger partial charge in [-0.15, -0.1) is 0 Å². The minimum absolute atomic E-state index is 0.324. The van der Waals surface area contributed by atoms with Gasteiger partial charge in [-0.25, -0.2) is 4.79 Å². The zero-order chi connectivity index (χ0) is 16.1. The molecule has 2 rings (SSSR count).